The highest BCUT2D eigenvalue weighted by Crippen LogP contribution is 2.26. The molecule has 0 amide bonds. The van der Waals surface area contributed by atoms with Crippen molar-refractivity contribution in [3.8, 4) is 17.2 Å². The molecule has 110 valence electrons. The fourth-order valence-corrected chi connectivity index (χ4v) is 1.93. The average Bonchev–Trinajstić information content (AvgIpc) is 2.50. The van der Waals surface area contributed by atoms with Gasteiger partial charge in [-0.1, -0.05) is 0 Å². The molecule has 0 bridgehead atoms. The second-order valence-corrected chi connectivity index (χ2v) is 4.55. The molecule has 6 nitrogen and oxygen atoms in total. The summed E-state index contributed by atoms with van der Waals surface area (Å²) in [6.07, 6.45) is 0. The van der Waals surface area contributed by atoms with E-state index >= 15 is 0 Å². The molecule has 0 unspecified atom stereocenters. The van der Waals surface area contributed by atoms with Gasteiger partial charge in [0.1, 0.15) is 11.3 Å². The third kappa shape index (κ3) is 2.62. The van der Waals surface area contributed by atoms with Gasteiger partial charge in [0.15, 0.2) is 11.5 Å². The number of benzene rings is 2. The van der Waals surface area contributed by atoms with Gasteiger partial charge < -0.3 is 19.4 Å². The van der Waals surface area contributed by atoms with E-state index in [1.807, 2.05) is 0 Å². The van der Waals surface area contributed by atoms with E-state index in [2.05, 4.69) is 0 Å². The Labute approximate surface area is 123 Å². The molecule has 0 saturated carbocycles. The zero-order valence-corrected chi connectivity index (χ0v) is 11.1. The molecule has 0 fully saturated rings. The van der Waals surface area contributed by atoms with Gasteiger partial charge >= 0.3 is 11.6 Å². The van der Waals surface area contributed by atoms with Crippen molar-refractivity contribution in [3.63, 3.8) is 0 Å². The summed E-state index contributed by atoms with van der Waals surface area (Å²) >= 11 is 0. The summed E-state index contributed by atoms with van der Waals surface area (Å²) < 4.78 is 10.2. The Kier molecular flexibility index (Phi) is 3.27. The standard InChI is InChI=1S/C16H10O6/c17-12-4-1-10(8-13(12)18)16(20)21-11-3-5-14-9(7-11)2-6-15(19)22-14/h1-8,17-18H. The van der Waals surface area contributed by atoms with Crippen LogP contribution in [0.15, 0.2) is 57.7 Å². The van der Waals surface area contributed by atoms with Crippen LogP contribution in [0.1, 0.15) is 10.4 Å². The van der Waals surface area contributed by atoms with Crippen molar-refractivity contribution in [2.24, 2.45) is 0 Å². The Bertz CT molecular complexity index is 925. The Morgan fingerprint density at radius 2 is 1.77 bits per heavy atom. The molecule has 6 heteroatoms. The first kappa shape index (κ1) is 13.7. The fraction of sp³-hybridized carbons (Fsp3) is 0. The first-order chi connectivity index (χ1) is 10.5. The maximum absolute atomic E-state index is 12.0. The second-order valence-electron chi connectivity index (χ2n) is 4.55. The highest BCUT2D eigenvalue weighted by atomic mass is 16.5. The van der Waals surface area contributed by atoms with Crippen molar-refractivity contribution >= 4 is 16.9 Å². The van der Waals surface area contributed by atoms with E-state index in [1.54, 1.807) is 12.1 Å². The molecule has 3 rings (SSSR count). The number of aromatic hydroxyl groups is 2. The number of esters is 1. The average molecular weight is 298 g/mol. The van der Waals surface area contributed by atoms with Crippen LogP contribution >= 0.6 is 0 Å². The first-order valence-electron chi connectivity index (χ1n) is 6.31. The summed E-state index contributed by atoms with van der Waals surface area (Å²) in [7, 11) is 0. The molecule has 0 aliphatic rings. The Morgan fingerprint density at radius 3 is 2.55 bits per heavy atom. The predicted octanol–water partition coefficient (Wildman–Crippen LogP) is 2.42. The van der Waals surface area contributed by atoms with E-state index in [1.165, 1.54) is 30.3 Å². The lowest BCUT2D eigenvalue weighted by Gasteiger charge is -2.06. The van der Waals surface area contributed by atoms with Gasteiger partial charge in [-0.05, 0) is 42.5 Å². The van der Waals surface area contributed by atoms with Crippen LogP contribution < -0.4 is 10.4 Å². The van der Waals surface area contributed by atoms with Gasteiger partial charge in [-0.15, -0.1) is 0 Å². The van der Waals surface area contributed by atoms with Crippen molar-refractivity contribution in [3.05, 3.63) is 64.5 Å². The number of fused-ring (bicyclic) bond motifs is 1. The molecule has 22 heavy (non-hydrogen) atoms. The topological polar surface area (TPSA) is 97.0 Å². The molecular formula is C16H10O6. The molecule has 0 aliphatic carbocycles. The number of phenols is 2. The summed E-state index contributed by atoms with van der Waals surface area (Å²) in [6, 6.07) is 11.0. The third-order valence-electron chi connectivity index (χ3n) is 3.01. The van der Waals surface area contributed by atoms with Gasteiger partial charge in [0, 0.05) is 11.5 Å². The maximum Gasteiger partial charge on any atom is 0.343 e. The van der Waals surface area contributed by atoms with Crippen LogP contribution in [0.4, 0.5) is 0 Å². The monoisotopic (exact) mass is 298 g/mol. The molecule has 3 aromatic rings. The normalized spacial score (nSPS) is 10.5. The maximum atomic E-state index is 12.0. The van der Waals surface area contributed by atoms with Crippen molar-refractivity contribution in [2.75, 3.05) is 0 Å². The molecule has 0 atom stereocenters. The zero-order chi connectivity index (χ0) is 15.7. The summed E-state index contributed by atoms with van der Waals surface area (Å²) in [5.41, 5.74) is 0.0152. The summed E-state index contributed by atoms with van der Waals surface area (Å²) in [4.78, 5) is 23.1. The van der Waals surface area contributed by atoms with Gasteiger partial charge in [0.05, 0.1) is 5.56 Å². The molecule has 2 aromatic carbocycles. The van der Waals surface area contributed by atoms with E-state index in [0.717, 1.165) is 6.07 Å². The molecular weight excluding hydrogens is 288 g/mol. The third-order valence-corrected chi connectivity index (χ3v) is 3.01. The largest absolute Gasteiger partial charge is 0.504 e. The minimum Gasteiger partial charge on any atom is -0.504 e. The van der Waals surface area contributed by atoms with E-state index in [4.69, 9.17) is 9.15 Å². The number of carbonyl (C=O) groups is 1. The molecule has 1 aromatic heterocycles. The van der Waals surface area contributed by atoms with Gasteiger partial charge in [0.25, 0.3) is 0 Å². The minimum atomic E-state index is -0.688. The quantitative estimate of drug-likeness (QED) is 0.326. The molecule has 0 aliphatic heterocycles. The molecule has 0 saturated heterocycles. The highest BCUT2D eigenvalue weighted by Gasteiger charge is 2.12. The highest BCUT2D eigenvalue weighted by molar-refractivity contribution is 5.92. The first-order valence-corrected chi connectivity index (χ1v) is 6.31. The SMILES string of the molecule is O=C(Oc1ccc2oc(=O)ccc2c1)c1ccc(O)c(O)c1. The van der Waals surface area contributed by atoms with Crippen LogP contribution in [-0.2, 0) is 0 Å². The lowest BCUT2D eigenvalue weighted by molar-refractivity contribution is 0.0734. The van der Waals surface area contributed by atoms with Crippen molar-refractivity contribution in [1.29, 1.82) is 0 Å². The van der Waals surface area contributed by atoms with Crippen LogP contribution in [0.2, 0.25) is 0 Å². The number of rotatable bonds is 2. The molecule has 0 radical (unpaired) electrons. The van der Waals surface area contributed by atoms with Gasteiger partial charge in [-0.2, -0.15) is 0 Å². The lowest BCUT2D eigenvalue weighted by atomic mass is 10.2. The number of hydrogen-bond donors (Lipinski definition) is 2. The van der Waals surface area contributed by atoms with Gasteiger partial charge in [-0.25, -0.2) is 9.59 Å². The van der Waals surface area contributed by atoms with Crippen LogP contribution in [-0.4, -0.2) is 16.2 Å². The van der Waals surface area contributed by atoms with Crippen LogP contribution in [0, 0.1) is 0 Å². The van der Waals surface area contributed by atoms with E-state index in [9.17, 15) is 19.8 Å². The van der Waals surface area contributed by atoms with E-state index < -0.39 is 17.3 Å². The van der Waals surface area contributed by atoms with E-state index in [0.29, 0.717) is 11.0 Å². The fourth-order valence-electron chi connectivity index (χ4n) is 1.93. The molecule has 1 heterocycles. The lowest BCUT2D eigenvalue weighted by Crippen LogP contribution is -2.08. The smallest absolute Gasteiger partial charge is 0.343 e. The summed E-state index contributed by atoms with van der Waals surface area (Å²) in [6.45, 7) is 0. The minimum absolute atomic E-state index is 0.0926. The summed E-state index contributed by atoms with van der Waals surface area (Å²) in [5.74, 6) is -1.15. The molecule has 2 N–H and O–H groups in total. The number of hydrogen-bond acceptors (Lipinski definition) is 6. The van der Waals surface area contributed by atoms with Crippen LogP contribution in [0.3, 0.4) is 0 Å². The van der Waals surface area contributed by atoms with Crippen molar-refractivity contribution in [1.82, 2.24) is 0 Å². The Morgan fingerprint density at radius 1 is 0.955 bits per heavy atom. The van der Waals surface area contributed by atoms with Gasteiger partial charge in [0.2, 0.25) is 0 Å². The Balaban J connectivity index is 1.88. The Hall–Kier alpha value is -3.28. The summed E-state index contributed by atoms with van der Waals surface area (Å²) in [5, 5.41) is 19.2. The van der Waals surface area contributed by atoms with Crippen molar-refractivity contribution < 1.29 is 24.2 Å². The number of carbonyl (C=O) groups excluding carboxylic acids is 1. The number of phenolic OH excluding ortho intramolecular Hbond substituents is 2. The van der Waals surface area contributed by atoms with Gasteiger partial charge in [-0.3, -0.25) is 0 Å². The second kappa shape index (κ2) is 5.25. The zero-order valence-electron chi connectivity index (χ0n) is 11.1. The van der Waals surface area contributed by atoms with E-state index in [-0.39, 0.29) is 17.1 Å². The predicted molar refractivity (Wildman–Crippen MR) is 77.2 cm³/mol. The van der Waals surface area contributed by atoms with Crippen LogP contribution in [0.5, 0.6) is 17.2 Å². The van der Waals surface area contributed by atoms with Crippen LogP contribution in [0.25, 0.3) is 11.0 Å². The number of ether oxygens (including phenoxy) is 1. The molecule has 0 spiro atoms. The van der Waals surface area contributed by atoms with Crippen molar-refractivity contribution in [2.45, 2.75) is 0 Å².